The Morgan fingerprint density at radius 2 is 2.09 bits per heavy atom. The van der Waals surface area contributed by atoms with Crippen LogP contribution in [0.1, 0.15) is 60.7 Å². The lowest BCUT2D eigenvalue weighted by molar-refractivity contribution is -0.122. The largest absolute Gasteiger partial charge is 0.493 e. The van der Waals surface area contributed by atoms with E-state index in [0.29, 0.717) is 37.7 Å². The maximum atomic E-state index is 13.0. The van der Waals surface area contributed by atoms with Gasteiger partial charge in [0.15, 0.2) is 11.5 Å². The van der Waals surface area contributed by atoms with Crippen molar-refractivity contribution in [2.45, 2.75) is 64.6 Å². The highest BCUT2D eigenvalue weighted by molar-refractivity contribution is 5.78. The fourth-order valence-electron chi connectivity index (χ4n) is 6.14. The Bertz CT molecular complexity index is 1020. The first-order valence-electron chi connectivity index (χ1n) is 13.0. The molecule has 3 atom stereocenters. The second kappa shape index (κ2) is 10.6. The lowest BCUT2D eigenvalue weighted by atomic mass is 9.94. The third-order valence-electron chi connectivity index (χ3n) is 8.00. The van der Waals surface area contributed by atoms with Crippen molar-refractivity contribution >= 4 is 5.91 Å². The van der Waals surface area contributed by atoms with Gasteiger partial charge in [-0.1, -0.05) is 11.2 Å². The zero-order valence-corrected chi connectivity index (χ0v) is 21.2. The van der Waals surface area contributed by atoms with E-state index in [1.54, 1.807) is 7.11 Å². The molecule has 0 aliphatic carbocycles. The molecule has 8 heteroatoms. The van der Waals surface area contributed by atoms with Crippen molar-refractivity contribution in [3.8, 4) is 11.5 Å². The van der Waals surface area contributed by atoms with Crippen molar-refractivity contribution in [1.82, 2.24) is 20.3 Å². The van der Waals surface area contributed by atoms with Crippen LogP contribution in [0.5, 0.6) is 11.5 Å². The minimum absolute atomic E-state index is 0.0971. The molecule has 1 amide bonds. The Balaban J connectivity index is 1.36. The first kappa shape index (κ1) is 24.1. The lowest BCUT2D eigenvalue weighted by Gasteiger charge is -2.25. The van der Waals surface area contributed by atoms with Crippen LogP contribution >= 0.6 is 0 Å². The molecule has 35 heavy (non-hydrogen) atoms. The number of carbonyl (C=O) groups excluding carboxylic acids is 1. The van der Waals surface area contributed by atoms with Gasteiger partial charge in [0.1, 0.15) is 5.76 Å². The normalized spacial score (nSPS) is 26.3. The summed E-state index contributed by atoms with van der Waals surface area (Å²) in [7, 11) is 1.70. The number of hydrogen-bond donors (Lipinski definition) is 1. The summed E-state index contributed by atoms with van der Waals surface area (Å²) in [5.41, 5.74) is 3.26. The highest BCUT2D eigenvalue weighted by Gasteiger charge is 2.44. The lowest BCUT2D eigenvalue weighted by Crippen LogP contribution is -2.41. The summed E-state index contributed by atoms with van der Waals surface area (Å²) >= 11 is 0. The van der Waals surface area contributed by atoms with Crippen LogP contribution in [0, 0.1) is 19.8 Å². The summed E-state index contributed by atoms with van der Waals surface area (Å²) in [5, 5.41) is 7.37. The highest BCUT2D eigenvalue weighted by atomic mass is 16.5. The van der Waals surface area contributed by atoms with Gasteiger partial charge < -0.3 is 19.3 Å². The topological polar surface area (TPSA) is 80.1 Å². The van der Waals surface area contributed by atoms with Gasteiger partial charge in [-0.15, -0.1) is 0 Å². The van der Waals surface area contributed by atoms with Crippen molar-refractivity contribution in [2.75, 3.05) is 39.9 Å². The van der Waals surface area contributed by atoms with E-state index in [1.165, 1.54) is 18.4 Å². The summed E-state index contributed by atoms with van der Waals surface area (Å²) in [5.74, 6) is 3.00. The Hall–Kier alpha value is -2.58. The first-order chi connectivity index (χ1) is 17.0. The maximum absolute atomic E-state index is 13.0. The Morgan fingerprint density at radius 3 is 2.89 bits per heavy atom. The molecule has 3 aliphatic heterocycles. The van der Waals surface area contributed by atoms with Crippen molar-refractivity contribution < 1.29 is 18.8 Å². The molecule has 4 heterocycles. The summed E-state index contributed by atoms with van der Waals surface area (Å²) < 4.78 is 17.2. The zero-order valence-electron chi connectivity index (χ0n) is 21.2. The van der Waals surface area contributed by atoms with E-state index >= 15 is 0 Å². The molecule has 2 saturated heterocycles. The number of fused-ring (bicyclic) bond motifs is 8. The SMILES string of the molecule is COc1ccc2cc1OCCCCN(Cc1c(C)noc1C)CC(=O)NC[C@H]1C[C@H]2N2CCC[C@@H]12. The molecule has 1 aromatic heterocycles. The van der Waals surface area contributed by atoms with Crippen LogP contribution in [0.15, 0.2) is 22.7 Å². The molecule has 0 saturated carbocycles. The number of benzene rings is 1. The summed E-state index contributed by atoms with van der Waals surface area (Å²) in [6.07, 6.45) is 5.30. The quantitative estimate of drug-likeness (QED) is 0.716. The van der Waals surface area contributed by atoms with Gasteiger partial charge >= 0.3 is 0 Å². The fourth-order valence-corrected chi connectivity index (χ4v) is 6.14. The van der Waals surface area contributed by atoms with E-state index in [9.17, 15) is 4.79 Å². The van der Waals surface area contributed by atoms with Crippen LogP contribution in [0.25, 0.3) is 0 Å². The minimum Gasteiger partial charge on any atom is -0.493 e. The predicted octanol–water partition coefficient (Wildman–Crippen LogP) is 3.62. The van der Waals surface area contributed by atoms with E-state index in [4.69, 9.17) is 14.0 Å². The average molecular weight is 483 g/mol. The molecule has 5 rings (SSSR count). The van der Waals surface area contributed by atoms with Crippen molar-refractivity contribution in [3.05, 3.63) is 40.8 Å². The molecule has 190 valence electrons. The Morgan fingerprint density at radius 1 is 1.20 bits per heavy atom. The molecule has 0 radical (unpaired) electrons. The standard InChI is InChI=1S/C27H38N4O4/c1-18-22(19(2)35-29-18)16-30-10-4-5-12-34-26-14-20(8-9-25(26)33-3)24-13-21(15-28-27(32)17-30)23-7-6-11-31(23)24/h8-9,14,21,23-24H,4-7,10-13,15-17H2,1-3H3,(H,28,32)/t21-,23+,24-/m1/s1. The number of aromatic nitrogens is 1. The number of hydrogen-bond acceptors (Lipinski definition) is 7. The van der Waals surface area contributed by atoms with Gasteiger partial charge in [0, 0.05) is 30.7 Å². The minimum atomic E-state index is 0.0971. The van der Waals surface area contributed by atoms with E-state index < -0.39 is 0 Å². The van der Waals surface area contributed by atoms with Gasteiger partial charge in [0.2, 0.25) is 5.91 Å². The third-order valence-corrected chi connectivity index (χ3v) is 8.00. The molecule has 0 spiro atoms. The Kier molecular flexibility index (Phi) is 7.29. The number of rotatable bonds is 3. The smallest absolute Gasteiger partial charge is 0.234 e. The molecule has 2 fully saturated rings. The van der Waals surface area contributed by atoms with Crippen LogP contribution in [0.2, 0.25) is 0 Å². The van der Waals surface area contributed by atoms with E-state index in [1.807, 2.05) is 19.9 Å². The first-order valence-corrected chi connectivity index (χ1v) is 13.0. The van der Waals surface area contributed by atoms with Crippen LogP contribution in [0.3, 0.4) is 0 Å². The number of methoxy groups -OCH3 is 1. The predicted molar refractivity (Wildman–Crippen MR) is 133 cm³/mol. The number of carbonyl (C=O) groups is 1. The van der Waals surface area contributed by atoms with Gasteiger partial charge in [-0.3, -0.25) is 14.6 Å². The molecule has 3 aliphatic rings. The van der Waals surface area contributed by atoms with Gasteiger partial charge in [-0.2, -0.15) is 0 Å². The maximum Gasteiger partial charge on any atom is 0.234 e. The zero-order chi connectivity index (χ0) is 24.4. The molecule has 2 aromatic rings. The number of nitrogens with zero attached hydrogens (tertiary/aromatic N) is 3. The number of aryl methyl sites for hydroxylation is 2. The van der Waals surface area contributed by atoms with Crippen molar-refractivity contribution in [3.63, 3.8) is 0 Å². The molecule has 1 N–H and O–H groups in total. The van der Waals surface area contributed by atoms with Crippen LogP contribution in [0.4, 0.5) is 0 Å². The molecule has 1 aromatic carbocycles. The second-order valence-corrected chi connectivity index (χ2v) is 10.2. The Labute approximate surface area is 207 Å². The van der Waals surface area contributed by atoms with Crippen molar-refractivity contribution in [1.29, 1.82) is 0 Å². The van der Waals surface area contributed by atoms with Gasteiger partial charge in [-0.25, -0.2) is 0 Å². The highest BCUT2D eigenvalue weighted by Crippen LogP contribution is 2.46. The summed E-state index contributed by atoms with van der Waals surface area (Å²) in [6, 6.07) is 7.29. The van der Waals surface area contributed by atoms with Gasteiger partial charge in [0.05, 0.1) is 26.0 Å². The second-order valence-electron chi connectivity index (χ2n) is 10.2. The van der Waals surface area contributed by atoms with E-state index in [-0.39, 0.29) is 5.91 Å². The molecular formula is C27H38N4O4. The number of amides is 1. The van der Waals surface area contributed by atoms with E-state index in [0.717, 1.165) is 67.4 Å². The summed E-state index contributed by atoms with van der Waals surface area (Å²) in [6.45, 7) is 8.20. The molecule has 8 nitrogen and oxygen atoms in total. The summed E-state index contributed by atoms with van der Waals surface area (Å²) in [4.78, 5) is 17.9. The van der Waals surface area contributed by atoms with E-state index in [2.05, 4.69) is 32.4 Å². The van der Waals surface area contributed by atoms with Crippen LogP contribution in [-0.2, 0) is 11.3 Å². The number of nitrogens with one attached hydrogen (secondary N) is 1. The van der Waals surface area contributed by atoms with Crippen molar-refractivity contribution in [2.24, 2.45) is 5.92 Å². The van der Waals surface area contributed by atoms with Crippen LogP contribution < -0.4 is 14.8 Å². The number of ether oxygens (including phenoxy) is 2. The van der Waals surface area contributed by atoms with Gasteiger partial charge in [-0.05, 0) is 82.7 Å². The average Bonchev–Trinajstić information content (AvgIpc) is 3.54. The van der Waals surface area contributed by atoms with Crippen LogP contribution in [-0.4, -0.2) is 66.8 Å². The van der Waals surface area contributed by atoms with Gasteiger partial charge in [0.25, 0.3) is 0 Å². The fraction of sp³-hybridized carbons (Fsp3) is 0.630. The molecular weight excluding hydrogens is 444 g/mol. The molecule has 4 bridgehead atoms. The third kappa shape index (κ3) is 5.19. The molecule has 0 unspecified atom stereocenters. The monoisotopic (exact) mass is 482 g/mol.